The van der Waals surface area contributed by atoms with Gasteiger partial charge < -0.3 is 19.7 Å². The van der Waals surface area contributed by atoms with Crippen molar-refractivity contribution >= 4 is 11.6 Å². The lowest BCUT2D eigenvalue weighted by Gasteiger charge is -2.18. The second-order valence-electron chi connectivity index (χ2n) is 6.79. The standard InChI is InChI=1S/C21H28N2O3/c1-14-10-15(2)20(16(3)11-14)22-19(24)13-23(4)12-17-8-7-9-18(25-5)21(17)26-6/h7-11H,12-13H2,1-6H3,(H,22,24)/p+1. The summed E-state index contributed by atoms with van der Waals surface area (Å²) in [6, 6.07) is 9.97. The quantitative estimate of drug-likeness (QED) is 0.799. The molecule has 1 amide bonds. The molecule has 140 valence electrons. The SMILES string of the molecule is COc1cccc(C[NH+](C)CC(=O)Nc2c(C)cc(C)cc2C)c1OC. The molecule has 0 saturated carbocycles. The highest BCUT2D eigenvalue weighted by molar-refractivity contribution is 5.93. The fourth-order valence-corrected chi connectivity index (χ4v) is 3.32. The van der Waals surface area contributed by atoms with Crippen LogP contribution in [0.25, 0.3) is 0 Å². The zero-order valence-electron chi connectivity index (χ0n) is 16.5. The van der Waals surface area contributed by atoms with Crippen molar-refractivity contribution in [2.24, 2.45) is 0 Å². The van der Waals surface area contributed by atoms with Gasteiger partial charge in [0.05, 0.1) is 26.8 Å². The van der Waals surface area contributed by atoms with Crippen molar-refractivity contribution in [2.45, 2.75) is 27.3 Å². The molecule has 5 heteroatoms. The number of hydrogen-bond acceptors (Lipinski definition) is 3. The average molecular weight is 357 g/mol. The molecule has 0 fully saturated rings. The largest absolute Gasteiger partial charge is 0.493 e. The van der Waals surface area contributed by atoms with Crippen molar-refractivity contribution in [1.29, 1.82) is 0 Å². The Bertz CT molecular complexity index is 764. The first-order valence-electron chi connectivity index (χ1n) is 8.74. The van der Waals surface area contributed by atoms with Gasteiger partial charge in [-0.3, -0.25) is 4.79 Å². The predicted octanol–water partition coefficient (Wildman–Crippen LogP) is 2.28. The maximum absolute atomic E-state index is 12.5. The van der Waals surface area contributed by atoms with E-state index in [-0.39, 0.29) is 5.91 Å². The molecule has 5 nitrogen and oxygen atoms in total. The Morgan fingerprint density at radius 1 is 1.08 bits per heavy atom. The van der Waals surface area contributed by atoms with Gasteiger partial charge >= 0.3 is 0 Å². The Hall–Kier alpha value is -2.53. The number of nitrogens with one attached hydrogen (secondary N) is 2. The Labute approximate surface area is 155 Å². The Morgan fingerprint density at radius 3 is 2.31 bits per heavy atom. The first-order valence-corrected chi connectivity index (χ1v) is 8.74. The predicted molar refractivity (Wildman–Crippen MR) is 104 cm³/mol. The fourth-order valence-electron chi connectivity index (χ4n) is 3.32. The molecule has 2 rings (SSSR count). The van der Waals surface area contributed by atoms with Gasteiger partial charge in [-0.1, -0.05) is 23.8 Å². The lowest BCUT2D eigenvalue weighted by molar-refractivity contribution is -0.885. The zero-order chi connectivity index (χ0) is 19.3. The van der Waals surface area contributed by atoms with Gasteiger partial charge in [0.1, 0.15) is 6.54 Å². The summed E-state index contributed by atoms with van der Waals surface area (Å²) in [6.45, 7) is 7.14. The van der Waals surface area contributed by atoms with Gasteiger partial charge in [0.2, 0.25) is 0 Å². The summed E-state index contributed by atoms with van der Waals surface area (Å²) < 4.78 is 10.8. The number of rotatable bonds is 7. The van der Waals surface area contributed by atoms with Gasteiger partial charge in [-0.25, -0.2) is 0 Å². The van der Waals surface area contributed by atoms with Gasteiger partial charge in [-0.15, -0.1) is 0 Å². The molecule has 2 aromatic rings. The smallest absolute Gasteiger partial charge is 0.279 e. The van der Waals surface area contributed by atoms with Crippen molar-refractivity contribution in [3.8, 4) is 11.5 Å². The minimum atomic E-state index is -0.000541. The van der Waals surface area contributed by atoms with Gasteiger partial charge in [0, 0.05) is 5.69 Å². The molecule has 0 radical (unpaired) electrons. The maximum atomic E-state index is 12.5. The number of carbonyl (C=O) groups excluding carboxylic acids is 1. The molecule has 0 aliphatic carbocycles. The molecule has 2 N–H and O–H groups in total. The lowest BCUT2D eigenvalue weighted by atomic mass is 10.1. The second-order valence-corrected chi connectivity index (χ2v) is 6.79. The normalized spacial score (nSPS) is 11.8. The van der Waals surface area contributed by atoms with Crippen molar-refractivity contribution in [1.82, 2.24) is 0 Å². The number of carbonyl (C=O) groups is 1. The monoisotopic (exact) mass is 357 g/mol. The summed E-state index contributed by atoms with van der Waals surface area (Å²) in [5.74, 6) is 1.42. The molecule has 0 aliphatic rings. The molecular formula is C21H29N2O3+. The average Bonchev–Trinajstić information content (AvgIpc) is 2.57. The zero-order valence-corrected chi connectivity index (χ0v) is 16.5. The number of aryl methyl sites for hydroxylation is 3. The van der Waals surface area contributed by atoms with E-state index < -0.39 is 0 Å². The molecule has 1 atom stereocenters. The van der Waals surface area contributed by atoms with E-state index in [9.17, 15) is 4.79 Å². The number of likely N-dealkylation sites (N-methyl/N-ethyl adjacent to an activating group) is 1. The van der Waals surface area contributed by atoms with Crippen LogP contribution in [0, 0.1) is 20.8 Å². The molecule has 0 aliphatic heterocycles. The maximum Gasteiger partial charge on any atom is 0.279 e. The van der Waals surface area contributed by atoms with E-state index in [2.05, 4.69) is 24.4 Å². The lowest BCUT2D eigenvalue weighted by Crippen LogP contribution is -3.08. The van der Waals surface area contributed by atoms with Gasteiger partial charge in [0.25, 0.3) is 5.91 Å². The number of quaternary nitrogens is 1. The van der Waals surface area contributed by atoms with E-state index in [1.807, 2.05) is 39.1 Å². The van der Waals surface area contributed by atoms with Crippen LogP contribution in [0.3, 0.4) is 0 Å². The van der Waals surface area contributed by atoms with Crippen LogP contribution in [0.1, 0.15) is 22.3 Å². The Balaban J connectivity index is 2.05. The first-order chi connectivity index (χ1) is 12.3. The van der Waals surface area contributed by atoms with E-state index in [1.54, 1.807) is 14.2 Å². The third-order valence-corrected chi connectivity index (χ3v) is 4.38. The van der Waals surface area contributed by atoms with Gasteiger partial charge in [-0.2, -0.15) is 0 Å². The molecule has 2 aromatic carbocycles. The van der Waals surface area contributed by atoms with Crippen LogP contribution in [-0.4, -0.2) is 33.7 Å². The summed E-state index contributed by atoms with van der Waals surface area (Å²) in [6.07, 6.45) is 0. The minimum absolute atomic E-state index is 0.000541. The minimum Gasteiger partial charge on any atom is -0.493 e. The molecule has 0 heterocycles. The summed E-state index contributed by atoms with van der Waals surface area (Å²) in [5.41, 5.74) is 5.30. The van der Waals surface area contributed by atoms with Crippen LogP contribution >= 0.6 is 0 Å². The summed E-state index contributed by atoms with van der Waals surface area (Å²) in [7, 11) is 5.25. The number of methoxy groups -OCH3 is 2. The fraction of sp³-hybridized carbons (Fsp3) is 0.381. The molecule has 1 unspecified atom stereocenters. The Morgan fingerprint density at radius 2 is 1.73 bits per heavy atom. The van der Waals surface area contributed by atoms with Crippen LogP contribution in [-0.2, 0) is 11.3 Å². The number of anilines is 1. The molecule has 0 aromatic heterocycles. The van der Waals surface area contributed by atoms with E-state index >= 15 is 0 Å². The molecular weight excluding hydrogens is 328 g/mol. The third-order valence-electron chi connectivity index (χ3n) is 4.38. The van der Waals surface area contributed by atoms with Crippen molar-refractivity contribution < 1.29 is 19.2 Å². The van der Waals surface area contributed by atoms with Crippen LogP contribution in [0.2, 0.25) is 0 Å². The first kappa shape index (κ1) is 19.8. The summed E-state index contributed by atoms with van der Waals surface area (Å²) in [4.78, 5) is 13.6. The van der Waals surface area contributed by atoms with E-state index in [0.717, 1.165) is 33.0 Å². The van der Waals surface area contributed by atoms with Crippen LogP contribution in [0.5, 0.6) is 11.5 Å². The molecule has 0 bridgehead atoms. The highest BCUT2D eigenvalue weighted by Gasteiger charge is 2.17. The van der Waals surface area contributed by atoms with Gasteiger partial charge in [-0.05, 0) is 44.0 Å². The van der Waals surface area contributed by atoms with Crippen molar-refractivity contribution in [2.75, 3.05) is 33.1 Å². The molecule has 26 heavy (non-hydrogen) atoms. The number of ether oxygens (including phenoxy) is 2. The van der Waals surface area contributed by atoms with Crippen molar-refractivity contribution in [3.05, 3.63) is 52.6 Å². The number of para-hydroxylation sites is 1. The van der Waals surface area contributed by atoms with E-state index in [1.165, 1.54) is 5.56 Å². The van der Waals surface area contributed by atoms with Crippen molar-refractivity contribution in [3.63, 3.8) is 0 Å². The van der Waals surface area contributed by atoms with Crippen LogP contribution in [0.4, 0.5) is 5.69 Å². The van der Waals surface area contributed by atoms with Crippen LogP contribution in [0.15, 0.2) is 30.3 Å². The second kappa shape index (κ2) is 8.72. The topological polar surface area (TPSA) is 52.0 Å². The highest BCUT2D eigenvalue weighted by atomic mass is 16.5. The third kappa shape index (κ3) is 4.76. The summed E-state index contributed by atoms with van der Waals surface area (Å²) >= 11 is 0. The highest BCUT2D eigenvalue weighted by Crippen LogP contribution is 2.30. The van der Waals surface area contributed by atoms with Crippen LogP contribution < -0.4 is 19.7 Å². The number of hydrogen-bond donors (Lipinski definition) is 2. The molecule has 0 spiro atoms. The van der Waals surface area contributed by atoms with E-state index in [4.69, 9.17) is 9.47 Å². The number of benzene rings is 2. The number of amides is 1. The van der Waals surface area contributed by atoms with Gasteiger partial charge in [0.15, 0.2) is 18.0 Å². The van der Waals surface area contributed by atoms with E-state index in [0.29, 0.717) is 18.8 Å². The molecule has 0 saturated heterocycles. The summed E-state index contributed by atoms with van der Waals surface area (Å²) in [5, 5.41) is 3.06. The Kier molecular flexibility index (Phi) is 6.64.